The quantitative estimate of drug-likeness (QED) is 0.752. The Morgan fingerprint density at radius 2 is 2.04 bits per heavy atom. The van der Waals surface area contributed by atoms with Crippen LogP contribution >= 0.6 is 15.9 Å². The molecule has 1 amide bonds. The van der Waals surface area contributed by atoms with Crippen molar-refractivity contribution < 1.29 is 18.7 Å². The number of rotatable bonds is 2. The molecular weight excluding hydrogens is 427 g/mol. The molecule has 2 aliphatic heterocycles. The Hall–Kier alpha value is -1.99. The van der Waals surface area contributed by atoms with Gasteiger partial charge < -0.3 is 15.0 Å². The second-order valence-electron chi connectivity index (χ2n) is 7.34. The maximum absolute atomic E-state index is 13.9. The highest BCUT2D eigenvalue weighted by Crippen LogP contribution is 2.43. The van der Waals surface area contributed by atoms with Gasteiger partial charge in [-0.3, -0.25) is 9.59 Å². The van der Waals surface area contributed by atoms with E-state index in [-0.39, 0.29) is 17.5 Å². The summed E-state index contributed by atoms with van der Waals surface area (Å²) in [6, 6.07) is 4.72. The lowest BCUT2D eigenvalue weighted by Crippen LogP contribution is -2.44. The van der Waals surface area contributed by atoms with Crippen LogP contribution in [0.4, 0.5) is 4.39 Å². The summed E-state index contributed by atoms with van der Waals surface area (Å²) < 4.78 is 19.6. The van der Waals surface area contributed by atoms with E-state index >= 15 is 0 Å². The van der Waals surface area contributed by atoms with Crippen molar-refractivity contribution in [1.29, 1.82) is 0 Å². The van der Waals surface area contributed by atoms with Gasteiger partial charge in [-0.05, 0) is 53.4 Å². The minimum absolute atomic E-state index is 0.0546. The van der Waals surface area contributed by atoms with E-state index in [4.69, 9.17) is 4.74 Å². The number of dihydropyridines is 1. The van der Waals surface area contributed by atoms with Crippen LogP contribution in [0.2, 0.25) is 0 Å². The molecule has 28 heavy (non-hydrogen) atoms. The first kappa shape index (κ1) is 19.3. The summed E-state index contributed by atoms with van der Waals surface area (Å²) >= 11 is 3.24. The molecule has 4 rings (SSSR count). The second kappa shape index (κ2) is 7.79. The van der Waals surface area contributed by atoms with E-state index in [0.29, 0.717) is 48.3 Å². The molecule has 1 unspecified atom stereocenters. The average Bonchev–Trinajstić information content (AvgIpc) is 2.69. The monoisotopic (exact) mass is 448 g/mol. The summed E-state index contributed by atoms with van der Waals surface area (Å²) in [5.74, 6) is -0.900. The molecule has 7 heteroatoms. The molecule has 0 saturated carbocycles. The molecule has 5 nitrogen and oxygen atoms in total. The molecule has 0 radical (unpaired) electrons. The van der Waals surface area contributed by atoms with Crippen LogP contribution in [-0.4, -0.2) is 42.9 Å². The number of ketones is 1. The molecule has 2 heterocycles. The molecule has 0 bridgehead atoms. The number of nitrogens with one attached hydrogen (secondary N) is 1. The number of hydrogen-bond donors (Lipinski definition) is 1. The molecule has 1 atom stereocenters. The van der Waals surface area contributed by atoms with Crippen molar-refractivity contribution in [2.75, 3.05) is 26.3 Å². The molecule has 3 aliphatic rings. The SMILES string of the molecule is CC1=C(C(=O)N2CCOCC2)C(c2ccc(F)c(Br)c2)C2=C(CCCC2=O)N1. The highest BCUT2D eigenvalue weighted by atomic mass is 79.9. The fourth-order valence-corrected chi connectivity index (χ4v) is 4.63. The summed E-state index contributed by atoms with van der Waals surface area (Å²) in [5, 5.41) is 3.32. The van der Waals surface area contributed by atoms with Gasteiger partial charge in [0.25, 0.3) is 5.91 Å². The number of allylic oxidation sites excluding steroid dienone is 3. The van der Waals surface area contributed by atoms with Crippen molar-refractivity contribution in [2.24, 2.45) is 0 Å². The lowest BCUT2D eigenvalue weighted by Gasteiger charge is -2.37. The van der Waals surface area contributed by atoms with E-state index in [1.165, 1.54) is 6.07 Å². The van der Waals surface area contributed by atoms with E-state index in [9.17, 15) is 14.0 Å². The zero-order valence-electron chi connectivity index (χ0n) is 15.7. The fraction of sp³-hybridized carbons (Fsp3) is 0.429. The van der Waals surface area contributed by atoms with Crippen molar-refractivity contribution in [3.63, 3.8) is 0 Å². The predicted molar refractivity (Wildman–Crippen MR) is 106 cm³/mol. The van der Waals surface area contributed by atoms with Gasteiger partial charge >= 0.3 is 0 Å². The van der Waals surface area contributed by atoms with Crippen LogP contribution in [0, 0.1) is 5.82 Å². The fourth-order valence-electron chi connectivity index (χ4n) is 4.23. The van der Waals surface area contributed by atoms with Crippen LogP contribution < -0.4 is 5.32 Å². The standard InChI is InChI=1S/C21H22BrFN2O3/c1-12-18(21(27)25-7-9-28-10-8-25)19(13-5-6-15(23)14(22)11-13)20-16(24-12)3-2-4-17(20)26/h5-6,11,19,24H,2-4,7-10H2,1H3. The summed E-state index contributed by atoms with van der Waals surface area (Å²) in [4.78, 5) is 28.1. The highest BCUT2D eigenvalue weighted by molar-refractivity contribution is 9.10. The van der Waals surface area contributed by atoms with Gasteiger partial charge in [0, 0.05) is 48.0 Å². The molecular formula is C21H22BrFN2O3. The molecule has 148 valence electrons. The topological polar surface area (TPSA) is 58.6 Å². The molecule has 1 aromatic carbocycles. The van der Waals surface area contributed by atoms with Gasteiger partial charge in [-0.25, -0.2) is 4.39 Å². The first-order valence-electron chi connectivity index (χ1n) is 9.53. The van der Waals surface area contributed by atoms with Crippen LogP contribution in [-0.2, 0) is 14.3 Å². The molecule has 1 N–H and O–H groups in total. The average molecular weight is 449 g/mol. The number of benzene rings is 1. The number of halogens is 2. The number of ether oxygens (including phenoxy) is 1. The second-order valence-corrected chi connectivity index (χ2v) is 8.20. The number of hydrogen-bond acceptors (Lipinski definition) is 4. The van der Waals surface area contributed by atoms with Crippen LogP contribution in [0.3, 0.4) is 0 Å². The zero-order chi connectivity index (χ0) is 19.8. The number of amides is 1. The van der Waals surface area contributed by atoms with Crippen LogP contribution in [0.15, 0.2) is 45.2 Å². The third-order valence-corrected chi connectivity index (χ3v) is 6.19. The molecule has 1 fully saturated rings. The summed E-state index contributed by atoms with van der Waals surface area (Å²) in [5.41, 5.74) is 3.60. The lowest BCUT2D eigenvalue weighted by atomic mass is 9.75. The van der Waals surface area contributed by atoms with Gasteiger partial charge in [0.2, 0.25) is 0 Å². The number of morpholine rings is 1. The Balaban J connectivity index is 1.83. The first-order chi connectivity index (χ1) is 13.5. The first-order valence-corrected chi connectivity index (χ1v) is 10.3. The number of nitrogens with zero attached hydrogens (tertiary/aromatic N) is 1. The molecule has 1 saturated heterocycles. The van der Waals surface area contributed by atoms with Crippen molar-refractivity contribution in [3.05, 3.63) is 56.6 Å². The number of carbonyl (C=O) groups excluding carboxylic acids is 2. The van der Waals surface area contributed by atoms with E-state index in [1.807, 2.05) is 6.92 Å². The van der Waals surface area contributed by atoms with Crippen molar-refractivity contribution in [1.82, 2.24) is 10.2 Å². The molecule has 0 aromatic heterocycles. The normalized spacial score (nSPS) is 22.9. The predicted octanol–water partition coefficient (Wildman–Crippen LogP) is 3.41. The van der Waals surface area contributed by atoms with E-state index in [1.54, 1.807) is 17.0 Å². The Bertz CT molecular complexity index is 903. The van der Waals surface area contributed by atoms with E-state index < -0.39 is 5.92 Å². The summed E-state index contributed by atoms with van der Waals surface area (Å²) in [7, 11) is 0. The smallest absolute Gasteiger partial charge is 0.252 e. The largest absolute Gasteiger partial charge is 0.378 e. The molecule has 1 aromatic rings. The van der Waals surface area contributed by atoms with Crippen LogP contribution in [0.5, 0.6) is 0 Å². The van der Waals surface area contributed by atoms with Gasteiger partial charge in [-0.2, -0.15) is 0 Å². The molecule has 0 spiro atoms. The summed E-state index contributed by atoms with van der Waals surface area (Å²) in [6.07, 6.45) is 2.04. The minimum atomic E-state index is -0.490. The van der Waals surface area contributed by atoms with Crippen molar-refractivity contribution in [3.8, 4) is 0 Å². The molecule has 1 aliphatic carbocycles. The van der Waals surface area contributed by atoms with E-state index in [0.717, 1.165) is 29.8 Å². The third kappa shape index (κ3) is 3.42. The number of carbonyl (C=O) groups is 2. The van der Waals surface area contributed by atoms with Crippen molar-refractivity contribution in [2.45, 2.75) is 32.1 Å². The van der Waals surface area contributed by atoms with E-state index in [2.05, 4.69) is 21.2 Å². The van der Waals surface area contributed by atoms with Gasteiger partial charge in [-0.1, -0.05) is 6.07 Å². The summed E-state index contributed by atoms with van der Waals surface area (Å²) in [6.45, 7) is 3.93. The Kier molecular flexibility index (Phi) is 5.38. The zero-order valence-corrected chi connectivity index (χ0v) is 17.3. The van der Waals surface area contributed by atoms with Crippen molar-refractivity contribution >= 4 is 27.6 Å². The van der Waals surface area contributed by atoms with Gasteiger partial charge in [0.15, 0.2) is 5.78 Å². The Morgan fingerprint density at radius 3 is 2.75 bits per heavy atom. The third-order valence-electron chi connectivity index (χ3n) is 5.58. The Labute approximate surface area is 171 Å². The van der Waals surface area contributed by atoms with Crippen LogP contribution in [0.25, 0.3) is 0 Å². The lowest BCUT2D eigenvalue weighted by molar-refractivity contribution is -0.131. The maximum atomic E-state index is 13.9. The minimum Gasteiger partial charge on any atom is -0.378 e. The highest BCUT2D eigenvalue weighted by Gasteiger charge is 2.40. The Morgan fingerprint density at radius 1 is 1.29 bits per heavy atom. The van der Waals surface area contributed by atoms with Crippen LogP contribution in [0.1, 0.15) is 37.7 Å². The van der Waals surface area contributed by atoms with Gasteiger partial charge in [0.1, 0.15) is 5.82 Å². The van der Waals surface area contributed by atoms with Gasteiger partial charge in [-0.15, -0.1) is 0 Å². The number of Topliss-reactive ketones (excluding diaryl/α,β-unsaturated/α-hetero) is 1. The van der Waals surface area contributed by atoms with Gasteiger partial charge in [0.05, 0.1) is 17.7 Å². The maximum Gasteiger partial charge on any atom is 0.252 e.